The second-order valence-corrected chi connectivity index (χ2v) is 5.81. The fourth-order valence-corrected chi connectivity index (χ4v) is 2.60. The number of aromatic nitrogens is 2. The van der Waals surface area contributed by atoms with Gasteiger partial charge < -0.3 is 10.1 Å². The van der Waals surface area contributed by atoms with Crippen LogP contribution in [0.25, 0.3) is 5.69 Å². The Kier molecular flexibility index (Phi) is 4.99. The summed E-state index contributed by atoms with van der Waals surface area (Å²) < 4.78 is 7.03. The zero-order valence-corrected chi connectivity index (χ0v) is 14.6. The van der Waals surface area contributed by atoms with Crippen molar-refractivity contribution in [3.05, 3.63) is 71.5 Å². The monoisotopic (exact) mass is 346 g/mol. The number of benzene rings is 2. The standard InChI is InChI=1S/C20H18N4O2/c1-14-13-15(2)24(23-14)18-7-3-16(4-8-18)20(25)22-17-5-9-19(10-6-17)26-12-11-21/h3-10,13H,12H2,1-2H3,(H,22,25). The molecule has 6 heteroatoms. The first-order valence-electron chi connectivity index (χ1n) is 8.11. The van der Waals surface area contributed by atoms with Crippen molar-refractivity contribution in [3.63, 3.8) is 0 Å². The molecule has 26 heavy (non-hydrogen) atoms. The normalized spacial score (nSPS) is 10.2. The third-order valence-electron chi connectivity index (χ3n) is 3.80. The topological polar surface area (TPSA) is 79.9 Å². The van der Waals surface area contributed by atoms with Gasteiger partial charge in [-0.2, -0.15) is 10.4 Å². The summed E-state index contributed by atoms with van der Waals surface area (Å²) in [4.78, 5) is 12.4. The van der Waals surface area contributed by atoms with Crippen LogP contribution < -0.4 is 10.1 Å². The van der Waals surface area contributed by atoms with E-state index in [0.29, 0.717) is 17.0 Å². The van der Waals surface area contributed by atoms with Crippen molar-refractivity contribution < 1.29 is 9.53 Å². The third kappa shape index (κ3) is 3.90. The molecular weight excluding hydrogens is 328 g/mol. The van der Waals surface area contributed by atoms with Gasteiger partial charge in [-0.3, -0.25) is 4.79 Å². The molecule has 0 bridgehead atoms. The van der Waals surface area contributed by atoms with E-state index in [2.05, 4.69) is 10.4 Å². The average molecular weight is 346 g/mol. The number of anilines is 1. The number of amides is 1. The van der Waals surface area contributed by atoms with Gasteiger partial charge >= 0.3 is 0 Å². The molecule has 0 unspecified atom stereocenters. The highest BCUT2D eigenvalue weighted by molar-refractivity contribution is 6.04. The van der Waals surface area contributed by atoms with E-state index in [1.807, 2.05) is 42.8 Å². The van der Waals surface area contributed by atoms with Crippen LogP contribution in [0, 0.1) is 25.2 Å². The number of rotatable bonds is 5. The molecule has 130 valence electrons. The number of carbonyl (C=O) groups excluding carboxylic acids is 1. The summed E-state index contributed by atoms with van der Waals surface area (Å²) in [6.07, 6.45) is 0. The molecule has 0 aliphatic carbocycles. The van der Waals surface area contributed by atoms with Crippen LogP contribution in [0.4, 0.5) is 5.69 Å². The second-order valence-electron chi connectivity index (χ2n) is 5.81. The predicted molar refractivity (Wildman–Crippen MR) is 98.5 cm³/mol. The van der Waals surface area contributed by atoms with E-state index in [1.54, 1.807) is 36.4 Å². The third-order valence-corrected chi connectivity index (χ3v) is 3.80. The molecular formula is C20H18N4O2. The van der Waals surface area contributed by atoms with Gasteiger partial charge in [-0.05, 0) is 68.4 Å². The highest BCUT2D eigenvalue weighted by Gasteiger charge is 2.08. The molecule has 0 atom stereocenters. The van der Waals surface area contributed by atoms with Gasteiger partial charge in [0.15, 0.2) is 6.61 Å². The Morgan fingerprint density at radius 1 is 1.15 bits per heavy atom. The average Bonchev–Trinajstić information content (AvgIpc) is 2.99. The van der Waals surface area contributed by atoms with Crippen molar-refractivity contribution in [2.75, 3.05) is 11.9 Å². The summed E-state index contributed by atoms with van der Waals surface area (Å²) in [5.74, 6) is 0.384. The Morgan fingerprint density at radius 2 is 1.85 bits per heavy atom. The van der Waals surface area contributed by atoms with Gasteiger partial charge in [-0.25, -0.2) is 4.68 Å². The molecule has 1 heterocycles. The summed E-state index contributed by atoms with van der Waals surface area (Å²) in [7, 11) is 0. The molecule has 1 amide bonds. The van der Waals surface area contributed by atoms with Crippen molar-refractivity contribution in [2.45, 2.75) is 13.8 Å². The summed E-state index contributed by atoms with van der Waals surface area (Å²) in [6, 6.07) is 18.1. The quantitative estimate of drug-likeness (QED) is 0.765. The van der Waals surface area contributed by atoms with Crippen molar-refractivity contribution in [3.8, 4) is 17.5 Å². The first kappa shape index (κ1) is 17.2. The van der Waals surface area contributed by atoms with Crippen LogP contribution in [-0.2, 0) is 0 Å². The van der Waals surface area contributed by atoms with E-state index in [9.17, 15) is 4.79 Å². The van der Waals surface area contributed by atoms with Crippen LogP contribution in [0.1, 0.15) is 21.7 Å². The van der Waals surface area contributed by atoms with Gasteiger partial charge in [-0.15, -0.1) is 0 Å². The van der Waals surface area contributed by atoms with E-state index >= 15 is 0 Å². The zero-order valence-electron chi connectivity index (χ0n) is 14.6. The Hall–Kier alpha value is -3.59. The Labute approximate surface area is 151 Å². The molecule has 0 saturated heterocycles. The minimum absolute atomic E-state index is 0.00664. The first-order chi connectivity index (χ1) is 12.6. The fraction of sp³-hybridized carbons (Fsp3) is 0.150. The van der Waals surface area contributed by atoms with Gasteiger partial charge in [-0.1, -0.05) is 0 Å². The summed E-state index contributed by atoms with van der Waals surface area (Å²) in [5.41, 5.74) is 4.11. The van der Waals surface area contributed by atoms with Gasteiger partial charge in [0, 0.05) is 16.9 Å². The maximum absolute atomic E-state index is 12.4. The summed E-state index contributed by atoms with van der Waals surface area (Å²) in [6.45, 7) is 3.93. The summed E-state index contributed by atoms with van der Waals surface area (Å²) >= 11 is 0. The molecule has 0 saturated carbocycles. The fourth-order valence-electron chi connectivity index (χ4n) is 2.60. The molecule has 2 aromatic carbocycles. The first-order valence-corrected chi connectivity index (χ1v) is 8.11. The number of nitriles is 1. The molecule has 1 N–H and O–H groups in total. The van der Waals surface area contributed by atoms with E-state index in [-0.39, 0.29) is 12.5 Å². The highest BCUT2D eigenvalue weighted by atomic mass is 16.5. The second kappa shape index (κ2) is 7.53. The van der Waals surface area contributed by atoms with Crippen molar-refractivity contribution >= 4 is 11.6 Å². The molecule has 0 aliphatic heterocycles. The molecule has 3 aromatic rings. The minimum atomic E-state index is -0.199. The largest absolute Gasteiger partial charge is 0.479 e. The zero-order chi connectivity index (χ0) is 18.5. The van der Waals surface area contributed by atoms with Crippen molar-refractivity contribution in [1.82, 2.24) is 9.78 Å². The molecule has 3 rings (SSSR count). The Balaban J connectivity index is 1.68. The van der Waals surface area contributed by atoms with Gasteiger partial charge in [0.25, 0.3) is 5.91 Å². The molecule has 6 nitrogen and oxygen atoms in total. The van der Waals surface area contributed by atoms with E-state index in [1.165, 1.54) is 0 Å². The minimum Gasteiger partial charge on any atom is -0.479 e. The van der Waals surface area contributed by atoms with Crippen LogP contribution >= 0.6 is 0 Å². The van der Waals surface area contributed by atoms with Crippen molar-refractivity contribution in [1.29, 1.82) is 5.26 Å². The predicted octanol–water partition coefficient (Wildman–Crippen LogP) is 3.64. The van der Waals surface area contributed by atoms with E-state index in [0.717, 1.165) is 17.1 Å². The lowest BCUT2D eigenvalue weighted by Gasteiger charge is -2.08. The number of ether oxygens (including phenoxy) is 1. The lowest BCUT2D eigenvalue weighted by atomic mass is 10.2. The highest BCUT2D eigenvalue weighted by Crippen LogP contribution is 2.17. The van der Waals surface area contributed by atoms with Crippen LogP contribution in [0.5, 0.6) is 5.75 Å². The molecule has 0 spiro atoms. The summed E-state index contributed by atoms with van der Waals surface area (Å²) in [5, 5.41) is 15.8. The van der Waals surface area contributed by atoms with Gasteiger partial charge in [0.1, 0.15) is 11.8 Å². The molecule has 1 aromatic heterocycles. The van der Waals surface area contributed by atoms with E-state index < -0.39 is 0 Å². The lowest BCUT2D eigenvalue weighted by molar-refractivity contribution is 0.102. The number of carbonyl (C=O) groups is 1. The number of hydrogen-bond donors (Lipinski definition) is 1. The number of nitrogens with zero attached hydrogens (tertiary/aromatic N) is 3. The number of hydrogen-bond acceptors (Lipinski definition) is 4. The maximum Gasteiger partial charge on any atom is 0.255 e. The SMILES string of the molecule is Cc1cc(C)n(-c2ccc(C(=O)Nc3ccc(OCC#N)cc3)cc2)n1. The smallest absolute Gasteiger partial charge is 0.255 e. The van der Waals surface area contributed by atoms with E-state index in [4.69, 9.17) is 10.00 Å². The van der Waals surface area contributed by atoms with Gasteiger partial charge in [0.2, 0.25) is 0 Å². The molecule has 0 radical (unpaired) electrons. The molecule has 0 aliphatic rings. The lowest BCUT2D eigenvalue weighted by Crippen LogP contribution is -2.12. The Morgan fingerprint density at radius 3 is 2.42 bits per heavy atom. The number of nitrogens with one attached hydrogen (secondary N) is 1. The molecule has 0 fully saturated rings. The van der Waals surface area contributed by atoms with Crippen molar-refractivity contribution in [2.24, 2.45) is 0 Å². The van der Waals surface area contributed by atoms with Crippen LogP contribution in [0.3, 0.4) is 0 Å². The van der Waals surface area contributed by atoms with Crippen LogP contribution in [-0.4, -0.2) is 22.3 Å². The maximum atomic E-state index is 12.4. The Bertz CT molecular complexity index is 951. The van der Waals surface area contributed by atoms with Crippen LogP contribution in [0.15, 0.2) is 54.6 Å². The number of aryl methyl sites for hydroxylation is 2. The van der Waals surface area contributed by atoms with Gasteiger partial charge in [0.05, 0.1) is 11.4 Å². The van der Waals surface area contributed by atoms with Crippen LogP contribution in [0.2, 0.25) is 0 Å².